The quantitative estimate of drug-likeness (QED) is 0.860. The Bertz CT molecular complexity index is 668. The van der Waals surface area contributed by atoms with Crippen LogP contribution in [-0.4, -0.2) is 11.7 Å². The molecule has 0 atom stereocenters. The van der Waals surface area contributed by atoms with Crippen molar-refractivity contribution in [2.75, 3.05) is 5.32 Å². The SMILES string of the molecule is CC(=O)c1ccc(NC(=O)c2cc(F)ccc2Br)cc1. The number of carbonyl (C=O) groups excluding carboxylic acids is 2. The van der Waals surface area contributed by atoms with Crippen molar-refractivity contribution < 1.29 is 14.0 Å². The summed E-state index contributed by atoms with van der Waals surface area (Å²) in [7, 11) is 0. The number of nitrogens with one attached hydrogen (secondary N) is 1. The van der Waals surface area contributed by atoms with Crippen LogP contribution in [0.1, 0.15) is 27.6 Å². The van der Waals surface area contributed by atoms with Gasteiger partial charge in [-0.3, -0.25) is 9.59 Å². The Morgan fingerprint density at radius 1 is 1.10 bits per heavy atom. The van der Waals surface area contributed by atoms with E-state index in [4.69, 9.17) is 0 Å². The molecule has 0 unspecified atom stereocenters. The van der Waals surface area contributed by atoms with E-state index < -0.39 is 11.7 Å². The molecule has 0 saturated heterocycles. The van der Waals surface area contributed by atoms with Gasteiger partial charge in [0.05, 0.1) is 5.56 Å². The average Bonchev–Trinajstić information content (AvgIpc) is 2.42. The highest BCUT2D eigenvalue weighted by atomic mass is 79.9. The van der Waals surface area contributed by atoms with E-state index in [-0.39, 0.29) is 11.3 Å². The van der Waals surface area contributed by atoms with Crippen LogP contribution in [0.25, 0.3) is 0 Å². The molecule has 0 heterocycles. The van der Waals surface area contributed by atoms with Gasteiger partial charge < -0.3 is 5.32 Å². The van der Waals surface area contributed by atoms with Crippen molar-refractivity contribution in [1.82, 2.24) is 0 Å². The lowest BCUT2D eigenvalue weighted by Crippen LogP contribution is -2.13. The van der Waals surface area contributed by atoms with E-state index >= 15 is 0 Å². The lowest BCUT2D eigenvalue weighted by Gasteiger charge is -2.07. The number of rotatable bonds is 3. The molecule has 20 heavy (non-hydrogen) atoms. The van der Waals surface area contributed by atoms with Gasteiger partial charge in [-0.15, -0.1) is 0 Å². The van der Waals surface area contributed by atoms with E-state index in [1.54, 1.807) is 24.3 Å². The highest BCUT2D eigenvalue weighted by Gasteiger charge is 2.11. The lowest BCUT2D eigenvalue weighted by atomic mass is 10.1. The molecular weight excluding hydrogens is 325 g/mol. The molecule has 5 heteroatoms. The molecule has 0 aliphatic carbocycles. The fourth-order valence-electron chi connectivity index (χ4n) is 1.66. The molecule has 0 aliphatic heterocycles. The zero-order chi connectivity index (χ0) is 14.7. The van der Waals surface area contributed by atoms with Gasteiger partial charge in [0, 0.05) is 15.7 Å². The Morgan fingerprint density at radius 3 is 2.35 bits per heavy atom. The largest absolute Gasteiger partial charge is 0.322 e. The molecule has 0 spiro atoms. The third-order valence-electron chi connectivity index (χ3n) is 2.72. The monoisotopic (exact) mass is 335 g/mol. The Kier molecular flexibility index (Phi) is 4.29. The van der Waals surface area contributed by atoms with Gasteiger partial charge >= 0.3 is 0 Å². The average molecular weight is 336 g/mol. The molecule has 0 aliphatic rings. The van der Waals surface area contributed by atoms with Crippen LogP contribution in [0.15, 0.2) is 46.9 Å². The Balaban J connectivity index is 2.19. The van der Waals surface area contributed by atoms with E-state index in [1.807, 2.05) is 0 Å². The zero-order valence-corrected chi connectivity index (χ0v) is 12.2. The van der Waals surface area contributed by atoms with Gasteiger partial charge in [0.25, 0.3) is 5.91 Å². The topological polar surface area (TPSA) is 46.2 Å². The Hall–Kier alpha value is -2.01. The molecule has 3 nitrogen and oxygen atoms in total. The van der Waals surface area contributed by atoms with Crippen molar-refractivity contribution >= 4 is 33.3 Å². The number of amides is 1. The van der Waals surface area contributed by atoms with Gasteiger partial charge in [-0.05, 0) is 65.3 Å². The molecule has 1 amide bonds. The Morgan fingerprint density at radius 2 is 1.75 bits per heavy atom. The number of benzene rings is 2. The number of anilines is 1. The third-order valence-corrected chi connectivity index (χ3v) is 3.41. The van der Waals surface area contributed by atoms with Crippen molar-refractivity contribution in [3.8, 4) is 0 Å². The highest BCUT2D eigenvalue weighted by molar-refractivity contribution is 9.10. The summed E-state index contributed by atoms with van der Waals surface area (Å²) >= 11 is 3.20. The van der Waals surface area contributed by atoms with E-state index in [1.165, 1.54) is 19.1 Å². The normalized spacial score (nSPS) is 10.2. The van der Waals surface area contributed by atoms with Crippen LogP contribution in [0.2, 0.25) is 0 Å². The second kappa shape index (κ2) is 5.96. The molecule has 102 valence electrons. The summed E-state index contributed by atoms with van der Waals surface area (Å²) in [4.78, 5) is 23.2. The van der Waals surface area contributed by atoms with Gasteiger partial charge in [0.15, 0.2) is 5.78 Å². The molecule has 2 aromatic rings. The van der Waals surface area contributed by atoms with Gasteiger partial charge in [-0.1, -0.05) is 0 Å². The van der Waals surface area contributed by atoms with Gasteiger partial charge in [-0.25, -0.2) is 4.39 Å². The van der Waals surface area contributed by atoms with Crippen LogP contribution in [0.3, 0.4) is 0 Å². The summed E-state index contributed by atoms with van der Waals surface area (Å²) in [6.45, 7) is 1.47. The summed E-state index contributed by atoms with van der Waals surface area (Å²) in [6.07, 6.45) is 0. The Labute approximate surface area is 123 Å². The summed E-state index contributed by atoms with van der Waals surface area (Å²) in [6, 6.07) is 10.4. The molecule has 0 aromatic heterocycles. The lowest BCUT2D eigenvalue weighted by molar-refractivity contribution is 0.101. The molecule has 0 radical (unpaired) electrons. The van der Waals surface area contributed by atoms with Crippen LogP contribution in [-0.2, 0) is 0 Å². The maximum absolute atomic E-state index is 13.1. The first-order valence-electron chi connectivity index (χ1n) is 5.85. The molecule has 2 aromatic carbocycles. The second-order valence-corrected chi connectivity index (χ2v) is 5.07. The summed E-state index contributed by atoms with van der Waals surface area (Å²) < 4.78 is 13.7. The molecular formula is C15H11BrFNO2. The molecule has 0 fully saturated rings. The number of Topliss-reactive ketones (excluding diaryl/α,β-unsaturated/α-hetero) is 1. The van der Waals surface area contributed by atoms with Crippen LogP contribution in [0, 0.1) is 5.82 Å². The number of carbonyl (C=O) groups is 2. The molecule has 1 N–H and O–H groups in total. The molecule has 2 rings (SSSR count). The maximum atomic E-state index is 13.1. The van der Waals surface area contributed by atoms with Gasteiger partial charge in [0.2, 0.25) is 0 Å². The number of ketones is 1. The van der Waals surface area contributed by atoms with Crippen molar-refractivity contribution in [2.45, 2.75) is 6.92 Å². The minimum Gasteiger partial charge on any atom is -0.322 e. The predicted molar refractivity (Wildman–Crippen MR) is 78.5 cm³/mol. The first-order chi connectivity index (χ1) is 9.47. The summed E-state index contributed by atoms with van der Waals surface area (Å²) in [5.74, 6) is -0.951. The highest BCUT2D eigenvalue weighted by Crippen LogP contribution is 2.19. The zero-order valence-electron chi connectivity index (χ0n) is 10.6. The smallest absolute Gasteiger partial charge is 0.256 e. The van der Waals surface area contributed by atoms with Gasteiger partial charge in [0.1, 0.15) is 5.82 Å². The standard InChI is InChI=1S/C15H11BrFNO2/c1-9(19)10-2-5-12(6-3-10)18-15(20)13-8-11(17)4-7-14(13)16/h2-8H,1H3,(H,18,20). The van der Waals surface area contributed by atoms with Crippen molar-refractivity contribution in [2.24, 2.45) is 0 Å². The van der Waals surface area contributed by atoms with E-state index in [0.29, 0.717) is 15.7 Å². The number of halogens is 2. The fourth-order valence-corrected chi connectivity index (χ4v) is 2.08. The minimum absolute atomic E-state index is 0.0456. The van der Waals surface area contributed by atoms with Crippen LogP contribution in [0.4, 0.5) is 10.1 Å². The summed E-state index contributed by atoms with van der Waals surface area (Å²) in [5.41, 5.74) is 1.31. The van der Waals surface area contributed by atoms with Crippen molar-refractivity contribution in [1.29, 1.82) is 0 Å². The first-order valence-corrected chi connectivity index (χ1v) is 6.64. The molecule has 0 bridgehead atoms. The number of hydrogen-bond acceptors (Lipinski definition) is 2. The van der Waals surface area contributed by atoms with Crippen molar-refractivity contribution in [3.05, 3.63) is 63.9 Å². The van der Waals surface area contributed by atoms with E-state index in [2.05, 4.69) is 21.2 Å². The van der Waals surface area contributed by atoms with Crippen molar-refractivity contribution in [3.63, 3.8) is 0 Å². The van der Waals surface area contributed by atoms with Crippen LogP contribution in [0.5, 0.6) is 0 Å². The minimum atomic E-state index is -0.481. The van der Waals surface area contributed by atoms with E-state index in [0.717, 1.165) is 6.07 Å². The van der Waals surface area contributed by atoms with Gasteiger partial charge in [-0.2, -0.15) is 0 Å². The number of hydrogen-bond donors (Lipinski definition) is 1. The third kappa shape index (κ3) is 3.30. The predicted octanol–water partition coefficient (Wildman–Crippen LogP) is 4.04. The van der Waals surface area contributed by atoms with Crippen LogP contribution >= 0.6 is 15.9 Å². The first kappa shape index (κ1) is 14.4. The summed E-state index contributed by atoms with van der Waals surface area (Å²) in [5, 5.41) is 2.65. The second-order valence-electron chi connectivity index (χ2n) is 4.21. The maximum Gasteiger partial charge on any atom is 0.256 e. The fraction of sp³-hybridized carbons (Fsp3) is 0.0667. The van der Waals surface area contributed by atoms with Crippen LogP contribution < -0.4 is 5.32 Å². The molecule has 0 saturated carbocycles. The van der Waals surface area contributed by atoms with E-state index in [9.17, 15) is 14.0 Å².